The standard InChI is InChI=1S/C20H21N3O4S/c1-14-10-15(16-12-21-22(2)13-16)4-7-20(14)28(24,25)23(3)17-5-6-18-19(11-17)27-9-8-26-18/h4-7,10-13H,8-9H2,1-3H3. The predicted octanol–water partition coefficient (Wildman–Crippen LogP) is 2.99. The Morgan fingerprint density at radius 2 is 1.79 bits per heavy atom. The molecular weight excluding hydrogens is 378 g/mol. The van der Waals surface area contributed by atoms with Gasteiger partial charge in [-0.3, -0.25) is 8.99 Å². The van der Waals surface area contributed by atoms with E-state index in [0.29, 0.717) is 36.0 Å². The number of ether oxygens (including phenoxy) is 2. The molecule has 0 N–H and O–H groups in total. The summed E-state index contributed by atoms with van der Waals surface area (Å²) in [5, 5.41) is 4.17. The summed E-state index contributed by atoms with van der Waals surface area (Å²) < 4.78 is 40.5. The van der Waals surface area contributed by atoms with Crippen molar-refractivity contribution in [3.63, 3.8) is 0 Å². The number of fused-ring (bicyclic) bond motifs is 1. The molecule has 0 unspecified atom stereocenters. The van der Waals surface area contributed by atoms with Crippen LogP contribution < -0.4 is 13.8 Å². The van der Waals surface area contributed by atoms with Gasteiger partial charge in [-0.25, -0.2) is 8.42 Å². The maximum absolute atomic E-state index is 13.2. The molecule has 146 valence electrons. The summed E-state index contributed by atoms with van der Waals surface area (Å²) in [5.74, 6) is 1.17. The van der Waals surface area contributed by atoms with Crippen LogP contribution in [0.25, 0.3) is 11.1 Å². The van der Waals surface area contributed by atoms with E-state index >= 15 is 0 Å². The van der Waals surface area contributed by atoms with Crippen LogP contribution in [0.1, 0.15) is 5.56 Å². The third-order valence-corrected chi connectivity index (χ3v) is 6.69. The van der Waals surface area contributed by atoms with E-state index in [4.69, 9.17) is 9.47 Å². The van der Waals surface area contributed by atoms with E-state index in [0.717, 1.165) is 11.1 Å². The largest absolute Gasteiger partial charge is 0.486 e. The molecule has 0 radical (unpaired) electrons. The normalized spacial score (nSPS) is 13.4. The first-order chi connectivity index (χ1) is 13.4. The lowest BCUT2D eigenvalue weighted by atomic mass is 10.1. The van der Waals surface area contributed by atoms with Crippen molar-refractivity contribution in [1.82, 2.24) is 9.78 Å². The van der Waals surface area contributed by atoms with Crippen LogP contribution in [0.5, 0.6) is 11.5 Å². The summed E-state index contributed by atoms with van der Waals surface area (Å²) in [6.45, 7) is 2.73. The molecule has 4 rings (SSSR count). The van der Waals surface area contributed by atoms with Gasteiger partial charge in [0.2, 0.25) is 0 Å². The van der Waals surface area contributed by atoms with Gasteiger partial charge in [0.1, 0.15) is 13.2 Å². The minimum atomic E-state index is -3.73. The van der Waals surface area contributed by atoms with Gasteiger partial charge in [0.25, 0.3) is 10.0 Å². The van der Waals surface area contributed by atoms with Crippen molar-refractivity contribution < 1.29 is 17.9 Å². The first kappa shape index (κ1) is 18.4. The highest BCUT2D eigenvalue weighted by Crippen LogP contribution is 2.35. The number of hydrogen-bond acceptors (Lipinski definition) is 5. The molecule has 0 aliphatic carbocycles. The maximum Gasteiger partial charge on any atom is 0.264 e. The number of benzene rings is 2. The Hall–Kier alpha value is -3.00. The monoisotopic (exact) mass is 399 g/mol. The molecule has 0 bridgehead atoms. The number of nitrogens with zero attached hydrogens (tertiary/aromatic N) is 3. The van der Waals surface area contributed by atoms with Gasteiger partial charge in [0, 0.05) is 31.9 Å². The number of aromatic nitrogens is 2. The first-order valence-electron chi connectivity index (χ1n) is 8.84. The summed E-state index contributed by atoms with van der Waals surface area (Å²) in [7, 11) is -0.345. The van der Waals surface area contributed by atoms with Crippen molar-refractivity contribution in [3.05, 3.63) is 54.4 Å². The molecule has 28 heavy (non-hydrogen) atoms. The molecule has 3 aromatic rings. The zero-order valence-corrected chi connectivity index (χ0v) is 16.7. The fourth-order valence-corrected chi connectivity index (χ4v) is 4.59. The maximum atomic E-state index is 13.2. The molecule has 0 saturated carbocycles. The fourth-order valence-electron chi connectivity index (χ4n) is 3.20. The van der Waals surface area contributed by atoms with E-state index in [2.05, 4.69) is 5.10 Å². The third-order valence-electron chi connectivity index (χ3n) is 4.74. The zero-order valence-electron chi connectivity index (χ0n) is 15.9. The van der Waals surface area contributed by atoms with Crippen LogP contribution in [0.4, 0.5) is 5.69 Å². The van der Waals surface area contributed by atoms with E-state index in [9.17, 15) is 8.42 Å². The summed E-state index contributed by atoms with van der Waals surface area (Å²) in [6, 6.07) is 10.4. The lowest BCUT2D eigenvalue weighted by Crippen LogP contribution is -2.27. The van der Waals surface area contributed by atoms with Gasteiger partial charge in [0.05, 0.1) is 16.8 Å². The summed E-state index contributed by atoms with van der Waals surface area (Å²) in [6.07, 6.45) is 3.65. The van der Waals surface area contributed by atoms with Crippen molar-refractivity contribution in [3.8, 4) is 22.6 Å². The van der Waals surface area contributed by atoms with Gasteiger partial charge in [-0.15, -0.1) is 0 Å². The minimum Gasteiger partial charge on any atom is -0.486 e. The molecule has 2 heterocycles. The van der Waals surface area contributed by atoms with Gasteiger partial charge in [-0.1, -0.05) is 6.07 Å². The van der Waals surface area contributed by atoms with Crippen molar-refractivity contribution in [2.75, 3.05) is 24.6 Å². The smallest absolute Gasteiger partial charge is 0.264 e. The molecule has 2 aromatic carbocycles. The number of rotatable bonds is 4. The molecule has 0 saturated heterocycles. The van der Waals surface area contributed by atoms with E-state index in [1.807, 2.05) is 19.3 Å². The van der Waals surface area contributed by atoms with Crippen LogP contribution in [-0.4, -0.2) is 38.5 Å². The lowest BCUT2D eigenvalue weighted by Gasteiger charge is -2.24. The average molecular weight is 399 g/mol. The second-order valence-corrected chi connectivity index (χ2v) is 8.62. The molecule has 1 aromatic heterocycles. The van der Waals surface area contributed by atoms with Crippen molar-refractivity contribution in [2.24, 2.45) is 7.05 Å². The number of hydrogen-bond donors (Lipinski definition) is 0. The lowest BCUT2D eigenvalue weighted by molar-refractivity contribution is 0.171. The van der Waals surface area contributed by atoms with Crippen LogP contribution in [0.15, 0.2) is 53.7 Å². The highest BCUT2D eigenvalue weighted by molar-refractivity contribution is 7.92. The molecule has 1 aliphatic rings. The van der Waals surface area contributed by atoms with Crippen molar-refractivity contribution >= 4 is 15.7 Å². The molecule has 8 heteroatoms. The summed E-state index contributed by atoms with van der Waals surface area (Å²) in [4.78, 5) is 0.262. The third kappa shape index (κ3) is 3.20. The summed E-state index contributed by atoms with van der Waals surface area (Å²) in [5.41, 5.74) is 3.05. The Morgan fingerprint density at radius 1 is 1.04 bits per heavy atom. The number of aryl methyl sites for hydroxylation is 2. The number of anilines is 1. The van der Waals surface area contributed by atoms with Crippen LogP contribution in [0, 0.1) is 6.92 Å². The molecule has 0 atom stereocenters. The second-order valence-electron chi connectivity index (χ2n) is 6.68. The topological polar surface area (TPSA) is 73.7 Å². The van der Waals surface area contributed by atoms with E-state index in [-0.39, 0.29) is 4.90 Å². The number of sulfonamides is 1. The molecule has 1 aliphatic heterocycles. The van der Waals surface area contributed by atoms with E-state index in [1.54, 1.807) is 48.1 Å². The molecule has 0 amide bonds. The first-order valence-corrected chi connectivity index (χ1v) is 10.3. The highest BCUT2D eigenvalue weighted by Gasteiger charge is 2.25. The Morgan fingerprint density at radius 3 is 2.46 bits per heavy atom. The quantitative estimate of drug-likeness (QED) is 0.674. The van der Waals surface area contributed by atoms with Crippen LogP contribution in [-0.2, 0) is 17.1 Å². The predicted molar refractivity (Wildman–Crippen MR) is 106 cm³/mol. The molecule has 7 nitrogen and oxygen atoms in total. The minimum absolute atomic E-state index is 0.262. The van der Waals surface area contributed by atoms with Crippen molar-refractivity contribution in [1.29, 1.82) is 0 Å². The van der Waals surface area contributed by atoms with Gasteiger partial charge < -0.3 is 9.47 Å². The van der Waals surface area contributed by atoms with Crippen LogP contribution in [0.3, 0.4) is 0 Å². The molecule has 0 fully saturated rings. The Bertz CT molecular complexity index is 1140. The van der Waals surface area contributed by atoms with E-state index < -0.39 is 10.0 Å². The van der Waals surface area contributed by atoms with Gasteiger partial charge >= 0.3 is 0 Å². The molecular formula is C20H21N3O4S. The van der Waals surface area contributed by atoms with Crippen molar-refractivity contribution in [2.45, 2.75) is 11.8 Å². The Balaban J connectivity index is 1.67. The van der Waals surface area contributed by atoms with Gasteiger partial charge in [0.15, 0.2) is 11.5 Å². The van der Waals surface area contributed by atoms with E-state index in [1.165, 1.54) is 11.4 Å². The van der Waals surface area contributed by atoms with Crippen LogP contribution >= 0.6 is 0 Å². The second kappa shape index (κ2) is 6.87. The van der Waals surface area contributed by atoms with Gasteiger partial charge in [-0.2, -0.15) is 5.10 Å². The summed E-state index contributed by atoms with van der Waals surface area (Å²) >= 11 is 0. The van der Waals surface area contributed by atoms with Gasteiger partial charge in [-0.05, 0) is 42.3 Å². The average Bonchev–Trinajstić information content (AvgIpc) is 3.13. The van der Waals surface area contributed by atoms with Crippen LogP contribution in [0.2, 0.25) is 0 Å². The Kier molecular flexibility index (Phi) is 4.50. The Labute approximate surface area is 164 Å². The molecule has 0 spiro atoms. The highest BCUT2D eigenvalue weighted by atomic mass is 32.2. The SMILES string of the molecule is Cc1cc(-c2cnn(C)c2)ccc1S(=O)(=O)N(C)c1ccc2c(c1)OCCO2. The zero-order chi connectivity index (χ0) is 19.9. The fraction of sp³-hybridized carbons (Fsp3) is 0.250.